The summed E-state index contributed by atoms with van der Waals surface area (Å²) in [4.78, 5) is 17.0. The zero-order chi connectivity index (χ0) is 20.3. The Labute approximate surface area is 162 Å². The number of rotatable bonds is 2. The van der Waals surface area contributed by atoms with Gasteiger partial charge in [-0.15, -0.1) is 4.73 Å². The highest BCUT2D eigenvalue weighted by molar-refractivity contribution is 6.23. The fraction of sp³-hybridized carbons (Fsp3) is 0.300. The minimum absolute atomic E-state index is 0.0619. The molecular formula is C20H18FN3O5. The third-order valence-corrected chi connectivity index (χ3v) is 5.53. The van der Waals surface area contributed by atoms with Crippen molar-refractivity contribution in [3.63, 3.8) is 0 Å². The highest BCUT2D eigenvalue weighted by Crippen LogP contribution is 2.36. The summed E-state index contributed by atoms with van der Waals surface area (Å²) in [7, 11) is 0. The van der Waals surface area contributed by atoms with Crippen LogP contribution in [0.1, 0.15) is 25.7 Å². The fourth-order valence-corrected chi connectivity index (χ4v) is 4.19. The number of halogens is 1. The number of benzene rings is 2. The van der Waals surface area contributed by atoms with Crippen molar-refractivity contribution >= 4 is 32.6 Å². The van der Waals surface area contributed by atoms with Crippen LogP contribution >= 0.6 is 0 Å². The van der Waals surface area contributed by atoms with E-state index in [0.29, 0.717) is 33.9 Å². The van der Waals surface area contributed by atoms with Gasteiger partial charge in [-0.05, 0) is 43.5 Å². The minimum atomic E-state index is -0.737. The van der Waals surface area contributed by atoms with Crippen LogP contribution in [0.4, 0.5) is 4.39 Å². The van der Waals surface area contributed by atoms with Gasteiger partial charge in [0.25, 0.3) is 5.56 Å². The summed E-state index contributed by atoms with van der Waals surface area (Å²) in [5, 5.41) is 31.5. The van der Waals surface area contributed by atoms with Gasteiger partial charge in [-0.25, -0.2) is 4.39 Å². The number of fused-ring (bicyclic) bond motifs is 6. The molecule has 0 amide bonds. The Morgan fingerprint density at radius 1 is 1.14 bits per heavy atom. The molecule has 29 heavy (non-hydrogen) atoms. The highest BCUT2D eigenvalue weighted by atomic mass is 19.1. The maximum absolute atomic E-state index is 13.9. The van der Waals surface area contributed by atoms with Gasteiger partial charge in [0.1, 0.15) is 23.0 Å². The first kappa shape index (κ1) is 17.7. The SMILES string of the molecule is O=c1c2c3cc(F)ccc3c3nc(OC4CCCC(O)C4)n(O)c3c2ccn1O. The summed E-state index contributed by atoms with van der Waals surface area (Å²) in [5.74, 6) is -0.540. The molecule has 3 N–H and O–H groups in total. The maximum Gasteiger partial charge on any atom is 0.331 e. The lowest BCUT2D eigenvalue weighted by Gasteiger charge is -2.25. The van der Waals surface area contributed by atoms with Crippen molar-refractivity contribution in [3.8, 4) is 6.01 Å². The molecule has 0 aliphatic heterocycles. The topological polar surface area (TPSA) is 110 Å². The number of hydrogen-bond donors (Lipinski definition) is 3. The van der Waals surface area contributed by atoms with Crippen LogP contribution in [0, 0.1) is 5.82 Å². The van der Waals surface area contributed by atoms with Crippen LogP contribution in [-0.4, -0.2) is 42.2 Å². The Balaban J connectivity index is 1.81. The van der Waals surface area contributed by atoms with E-state index in [1.54, 1.807) is 0 Å². The molecule has 4 aromatic rings. The molecule has 1 saturated carbocycles. The van der Waals surface area contributed by atoms with Crippen LogP contribution < -0.4 is 10.3 Å². The molecule has 0 saturated heterocycles. The summed E-state index contributed by atoms with van der Waals surface area (Å²) in [6.07, 6.45) is 3.07. The summed E-state index contributed by atoms with van der Waals surface area (Å²) in [6, 6.07) is 5.30. The molecular weight excluding hydrogens is 381 g/mol. The first-order valence-corrected chi connectivity index (χ1v) is 9.36. The second-order valence-corrected chi connectivity index (χ2v) is 7.41. The van der Waals surface area contributed by atoms with Gasteiger partial charge in [0.2, 0.25) is 0 Å². The summed E-state index contributed by atoms with van der Waals surface area (Å²) in [6.45, 7) is 0. The highest BCUT2D eigenvalue weighted by Gasteiger charge is 2.26. The third kappa shape index (κ3) is 2.69. The van der Waals surface area contributed by atoms with Crippen LogP contribution in [0.5, 0.6) is 6.01 Å². The summed E-state index contributed by atoms with van der Waals surface area (Å²) < 4.78 is 21.0. The Morgan fingerprint density at radius 2 is 1.97 bits per heavy atom. The molecule has 2 heterocycles. The van der Waals surface area contributed by atoms with E-state index in [2.05, 4.69) is 4.98 Å². The van der Waals surface area contributed by atoms with Crippen molar-refractivity contribution in [3.05, 3.63) is 46.6 Å². The number of ether oxygens (including phenoxy) is 1. The molecule has 2 aromatic carbocycles. The van der Waals surface area contributed by atoms with Crippen LogP contribution in [-0.2, 0) is 0 Å². The van der Waals surface area contributed by atoms with Crippen LogP contribution in [0.3, 0.4) is 0 Å². The largest absolute Gasteiger partial charge is 0.459 e. The normalized spacial score (nSPS) is 19.9. The quantitative estimate of drug-likeness (QED) is 0.353. The number of nitrogens with zero attached hydrogens (tertiary/aromatic N) is 3. The van der Waals surface area contributed by atoms with Crippen molar-refractivity contribution in [1.29, 1.82) is 0 Å². The van der Waals surface area contributed by atoms with Crippen molar-refractivity contribution in [1.82, 2.24) is 14.4 Å². The smallest absolute Gasteiger partial charge is 0.331 e. The van der Waals surface area contributed by atoms with Gasteiger partial charge in [-0.3, -0.25) is 4.79 Å². The lowest BCUT2D eigenvalue weighted by Crippen LogP contribution is -2.29. The van der Waals surface area contributed by atoms with Crippen LogP contribution in [0.15, 0.2) is 35.3 Å². The maximum atomic E-state index is 13.9. The molecule has 0 radical (unpaired) electrons. The van der Waals surface area contributed by atoms with Crippen molar-refractivity contribution in [2.24, 2.45) is 0 Å². The van der Waals surface area contributed by atoms with Gasteiger partial charge >= 0.3 is 6.01 Å². The van der Waals surface area contributed by atoms with Crippen LogP contribution in [0.2, 0.25) is 0 Å². The molecule has 1 aliphatic carbocycles. The van der Waals surface area contributed by atoms with Gasteiger partial charge in [-0.1, -0.05) is 0 Å². The number of aliphatic hydroxyl groups excluding tert-OH is 1. The number of imidazole rings is 1. The number of aromatic nitrogens is 3. The Morgan fingerprint density at radius 3 is 2.76 bits per heavy atom. The van der Waals surface area contributed by atoms with Crippen molar-refractivity contribution in [2.45, 2.75) is 37.9 Å². The van der Waals surface area contributed by atoms with Crippen LogP contribution in [0.25, 0.3) is 32.6 Å². The molecule has 0 bridgehead atoms. The van der Waals surface area contributed by atoms with Gasteiger partial charge in [0, 0.05) is 28.8 Å². The summed E-state index contributed by atoms with van der Waals surface area (Å²) in [5.41, 5.74) is -0.168. The second kappa shape index (κ2) is 6.35. The second-order valence-electron chi connectivity index (χ2n) is 7.41. The zero-order valence-electron chi connectivity index (χ0n) is 15.2. The van der Waals surface area contributed by atoms with E-state index in [1.165, 1.54) is 24.3 Å². The molecule has 0 spiro atoms. The standard InChI is InChI=1S/C20H18FN3O5/c21-10-4-5-13-15(8-10)16-14(6-7-23(27)19(16)26)18-17(13)22-20(24(18)28)29-12-3-1-2-11(25)9-12/h4-8,11-12,25,27-28H,1-3,9H2. The van der Waals surface area contributed by atoms with E-state index in [4.69, 9.17) is 4.74 Å². The Hall–Kier alpha value is -3.33. The molecule has 9 heteroatoms. The molecule has 2 aromatic heterocycles. The van der Waals surface area contributed by atoms with Gasteiger partial charge < -0.3 is 20.3 Å². The Kier molecular flexibility index (Phi) is 3.88. The molecule has 8 nitrogen and oxygen atoms in total. The number of pyridine rings is 1. The Bertz CT molecular complexity index is 1330. The van der Waals surface area contributed by atoms with E-state index in [0.717, 1.165) is 23.8 Å². The van der Waals surface area contributed by atoms with E-state index < -0.39 is 17.5 Å². The molecule has 2 unspecified atom stereocenters. The van der Waals surface area contributed by atoms with E-state index >= 15 is 0 Å². The fourth-order valence-electron chi connectivity index (χ4n) is 4.19. The zero-order valence-corrected chi connectivity index (χ0v) is 15.2. The minimum Gasteiger partial charge on any atom is -0.459 e. The molecule has 1 fully saturated rings. The average Bonchev–Trinajstić information content (AvgIpc) is 3.01. The first-order chi connectivity index (χ1) is 13.9. The average molecular weight is 399 g/mol. The number of hydrogen-bond acceptors (Lipinski definition) is 6. The van der Waals surface area contributed by atoms with E-state index in [-0.39, 0.29) is 28.4 Å². The number of aliphatic hydroxyl groups is 1. The molecule has 150 valence electrons. The molecule has 2 atom stereocenters. The van der Waals surface area contributed by atoms with Crippen molar-refractivity contribution < 1.29 is 24.6 Å². The van der Waals surface area contributed by atoms with E-state index in [1.807, 2.05) is 0 Å². The molecule has 5 rings (SSSR count). The van der Waals surface area contributed by atoms with Crippen molar-refractivity contribution in [2.75, 3.05) is 0 Å². The van der Waals surface area contributed by atoms with Gasteiger partial charge in [0.05, 0.1) is 11.5 Å². The van der Waals surface area contributed by atoms with Gasteiger partial charge in [0.15, 0.2) is 0 Å². The predicted octanol–water partition coefficient (Wildman–Crippen LogP) is 2.80. The van der Waals surface area contributed by atoms with E-state index in [9.17, 15) is 24.7 Å². The monoisotopic (exact) mass is 399 g/mol. The molecule has 1 aliphatic rings. The lowest BCUT2D eigenvalue weighted by atomic mass is 9.95. The summed E-state index contributed by atoms with van der Waals surface area (Å²) >= 11 is 0. The predicted molar refractivity (Wildman–Crippen MR) is 102 cm³/mol. The van der Waals surface area contributed by atoms with Gasteiger partial charge in [-0.2, -0.15) is 9.71 Å². The third-order valence-electron chi connectivity index (χ3n) is 5.53. The lowest BCUT2D eigenvalue weighted by molar-refractivity contribution is 0.0343. The first-order valence-electron chi connectivity index (χ1n) is 9.36.